The van der Waals surface area contributed by atoms with Crippen molar-refractivity contribution in [1.29, 1.82) is 0 Å². The molecule has 0 saturated carbocycles. The fourth-order valence-electron chi connectivity index (χ4n) is 4.27. The van der Waals surface area contributed by atoms with Gasteiger partial charge in [0.25, 0.3) is 0 Å². The number of carboxylic acid groups (broad SMARTS) is 2. The first-order valence-electron chi connectivity index (χ1n) is 11.6. The molecule has 3 rings (SSSR count). The summed E-state index contributed by atoms with van der Waals surface area (Å²) in [5, 5.41) is 21.2. The number of benzene rings is 3. The van der Waals surface area contributed by atoms with Crippen LogP contribution in [0.2, 0.25) is 0 Å². The summed E-state index contributed by atoms with van der Waals surface area (Å²) in [6.45, 7) is 5.85. The number of hydrogen-bond donors (Lipinski definition) is 2. The van der Waals surface area contributed by atoms with Gasteiger partial charge in [0.2, 0.25) is 5.91 Å². The maximum atomic E-state index is 12.9. The van der Waals surface area contributed by atoms with Crippen LogP contribution in [-0.4, -0.2) is 39.0 Å². The van der Waals surface area contributed by atoms with Crippen LogP contribution in [0.25, 0.3) is 21.9 Å². The number of carbonyl (C=O) groups is 3. The van der Waals surface area contributed by atoms with E-state index in [1.165, 1.54) is 4.90 Å². The highest BCUT2D eigenvalue weighted by Gasteiger charge is 2.32. The number of unbranched alkanes of at least 4 members (excludes halogenated alkanes) is 1. The van der Waals surface area contributed by atoms with E-state index in [1.807, 2.05) is 63.2 Å². The molecule has 3 aromatic rings. The summed E-state index contributed by atoms with van der Waals surface area (Å²) in [6, 6.07) is 17.5. The molecule has 34 heavy (non-hydrogen) atoms. The molecule has 178 valence electrons. The van der Waals surface area contributed by atoms with Crippen molar-refractivity contribution >= 4 is 28.6 Å². The quantitative estimate of drug-likeness (QED) is 0.396. The van der Waals surface area contributed by atoms with E-state index in [2.05, 4.69) is 0 Å². The molecule has 1 amide bonds. The molecule has 6 nitrogen and oxygen atoms in total. The lowest BCUT2D eigenvalue weighted by molar-refractivity contribution is -0.153. The van der Waals surface area contributed by atoms with Crippen molar-refractivity contribution in [2.24, 2.45) is 5.92 Å². The second kappa shape index (κ2) is 11.0. The third-order valence-corrected chi connectivity index (χ3v) is 6.01. The van der Waals surface area contributed by atoms with Gasteiger partial charge in [0.15, 0.2) is 0 Å². The van der Waals surface area contributed by atoms with Crippen molar-refractivity contribution in [2.45, 2.75) is 52.6 Å². The van der Waals surface area contributed by atoms with Crippen molar-refractivity contribution < 1.29 is 24.6 Å². The molecule has 0 heterocycles. The van der Waals surface area contributed by atoms with Crippen LogP contribution in [0, 0.1) is 5.92 Å². The van der Waals surface area contributed by atoms with Crippen molar-refractivity contribution in [1.82, 2.24) is 4.90 Å². The second-order valence-corrected chi connectivity index (χ2v) is 8.90. The Hall–Kier alpha value is -3.67. The van der Waals surface area contributed by atoms with Gasteiger partial charge < -0.3 is 15.1 Å². The largest absolute Gasteiger partial charge is 0.480 e. The van der Waals surface area contributed by atoms with E-state index in [4.69, 9.17) is 0 Å². The van der Waals surface area contributed by atoms with Gasteiger partial charge in [0.05, 0.1) is 5.56 Å². The maximum Gasteiger partial charge on any atom is 0.336 e. The third-order valence-electron chi connectivity index (χ3n) is 6.01. The topological polar surface area (TPSA) is 94.9 Å². The van der Waals surface area contributed by atoms with Gasteiger partial charge in [-0.2, -0.15) is 0 Å². The first-order chi connectivity index (χ1) is 16.2. The Morgan fingerprint density at radius 1 is 0.912 bits per heavy atom. The fourth-order valence-corrected chi connectivity index (χ4v) is 4.27. The number of aromatic carboxylic acids is 1. The van der Waals surface area contributed by atoms with Crippen LogP contribution in [0.5, 0.6) is 0 Å². The normalized spacial score (nSPS) is 12.0. The highest BCUT2D eigenvalue weighted by atomic mass is 16.4. The molecule has 2 N–H and O–H groups in total. The minimum Gasteiger partial charge on any atom is -0.480 e. The van der Waals surface area contributed by atoms with Crippen molar-refractivity contribution in [3.8, 4) is 11.1 Å². The summed E-state index contributed by atoms with van der Waals surface area (Å²) in [6.07, 6.45) is 1.91. The first kappa shape index (κ1) is 25.0. The highest BCUT2D eigenvalue weighted by Crippen LogP contribution is 2.28. The molecule has 0 aromatic heterocycles. The average Bonchev–Trinajstić information content (AvgIpc) is 2.81. The number of hydrogen-bond acceptors (Lipinski definition) is 3. The van der Waals surface area contributed by atoms with Gasteiger partial charge >= 0.3 is 11.9 Å². The number of fused-ring (bicyclic) bond motifs is 1. The summed E-state index contributed by atoms with van der Waals surface area (Å²) in [5.74, 6) is -2.34. The molecule has 6 heteroatoms. The lowest BCUT2D eigenvalue weighted by atomic mass is 9.96. The van der Waals surface area contributed by atoms with Crippen molar-refractivity contribution in [2.75, 3.05) is 0 Å². The zero-order chi connectivity index (χ0) is 24.8. The molecule has 0 unspecified atom stereocenters. The zero-order valence-corrected chi connectivity index (χ0v) is 19.8. The Balaban J connectivity index is 1.95. The Morgan fingerprint density at radius 3 is 2.24 bits per heavy atom. The van der Waals surface area contributed by atoms with E-state index >= 15 is 0 Å². The minimum absolute atomic E-state index is 0.149. The zero-order valence-electron chi connectivity index (χ0n) is 19.8. The maximum absolute atomic E-state index is 12.9. The van der Waals surface area contributed by atoms with E-state index in [-0.39, 0.29) is 23.9 Å². The van der Waals surface area contributed by atoms with Crippen molar-refractivity contribution in [3.05, 3.63) is 71.8 Å². The summed E-state index contributed by atoms with van der Waals surface area (Å²) in [7, 11) is 0. The lowest BCUT2D eigenvalue weighted by Crippen LogP contribution is -2.47. The molecule has 0 fully saturated rings. The van der Waals surface area contributed by atoms with Crippen LogP contribution in [0.1, 0.15) is 56.0 Å². The second-order valence-electron chi connectivity index (χ2n) is 8.90. The molecule has 0 aliphatic heterocycles. The molecule has 0 saturated heterocycles. The van der Waals surface area contributed by atoms with Crippen LogP contribution in [0.15, 0.2) is 60.7 Å². The average molecular weight is 462 g/mol. The molecule has 0 aliphatic carbocycles. The highest BCUT2D eigenvalue weighted by molar-refractivity contribution is 5.98. The predicted molar refractivity (Wildman–Crippen MR) is 133 cm³/mol. The van der Waals surface area contributed by atoms with Crippen LogP contribution in [0.3, 0.4) is 0 Å². The number of nitrogens with zero attached hydrogens (tertiary/aromatic N) is 1. The number of amides is 1. The van der Waals surface area contributed by atoms with E-state index in [0.29, 0.717) is 12.0 Å². The van der Waals surface area contributed by atoms with Crippen LogP contribution >= 0.6 is 0 Å². The van der Waals surface area contributed by atoms with E-state index in [1.54, 1.807) is 18.2 Å². The summed E-state index contributed by atoms with van der Waals surface area (Å²) in [4.78, 5) is 38.0. The molecule has 0 aliphatic rings. The number of rotatable bonds is 10. The van der Waals surface area contributed by atoms with Gasteiger partial charge in [-0.25, -0.2) is 9.59 Å². The Labute approximate surface area is 199 Å². The van der Waals surface area contributed by atoms with E-state index < -0.39 is 18.0 Å². The predicted octanol–water partition coefficient (Wildman–Crippen LogP) is 5.83. The van der Waals surface area contributed by atoms with Gasteiger partial charge in [-0.15, -0.1) is 0 Å². The smallest absolute Gasteiger partial charge is 0.336 e. The molecular weight excluding hydrogens is 430 g/mol. The molecule has 0 radical (unpaired) electrons. The SMILES string of the molecule is CCCCC(=O)N(Cc1ccc2cc(-c3ccccc3C(=O)O)ccc2c1)[C@H](C(=O)O)C(C)C. The van der Waals surface area contributed by atoms with Crippen LogP contribution < -0.4 is 0 Å². The standard InChI is InChI=1S/C28H31NO5/c1-4-5-10-25(30)29(26(18(2)3)28(33)34)17-19-11-12-21-16-22(14-13-20(21)15-19)23-8-6-7-9-24(23)27(31)32/h6-9,11-16,18,26H,4-5,10,17H2,1-3H3,(H,31,32)(H,33,34)/t26-/m0/s1. The van der Waals surface area contributed by atoms with Crippen LogP contribution in [0.4, 0.5) is 0 Å². The van der Waals surface area contributed by atoms with Crippen LogP contribution in [-0.2, 0) is 16.1 Å². The Morgan fingerprint density at radius 2 is 1.59 bits per heavy atom. The third kappa shape index (κ3) is 5.63. The van der Waals surface area contributed by atoms with Gasteiger partial charge in [0.1, 0.15) is 6.04 Å². The summed E-state index contributed by atoms with van der Waals surface area (Å²) < 4.78 is 0. The summed E-state index contributed by atoms with van der Waals surface area (Å²) in [5.41, 5.74) is 2.55. The number of carboxylic acids is 2. The fraction of sp³-hybridized carbons (Fsp3) is 0.321. The first-order valence-corrected chi connectivity index (χ1v) is 11.6. The van der Waals surface area contributed by atoms with Gasteiger partial charge in [-0.1, -0.05) is 69.7 Å². The Kier molecular flexibility index (Phi) is 8.05. The van der Waals surface area contributed by atoms with Gasteiger partial charge in [0, 0.05) is 13.0 Å². The van der Waals surface area contributed by atoms with E-state index in [9.17, 15) is 24.6 Å². The molecule has 3 aromatic carbocycles. The van der Waals surface area contributed by atoms with Gasteiger partial charge in [-0.3, -0.25) is 4.79 Å². The molecule has 1 atom stereocenters. The summed E-state index contributed by atoms with van der Waals surface area (Å²) >= 11 is 0. The van der Waals surface area contributed by atoms with Gasteiger partial charge in [-0.05, 0) is 58.0 Å². The van der Waals surface area contributed by atoms with E-state index in [0.717, 1.165) is 34.7 Å². The molecule has 0 spiro atoms. The molecular formula is C28H31NO5. The molecule has 0 bridgehead atoms. The minimum atomic E-state index is -0.998. The van der Waals surface area contributed by atoms with Crippen molar-refractivity contribution in [3.63, 3.8) is 0 Å². The number of aliphatic carboxylic acids is 1. The Bertz CT molecular complexity index is 1200. The lowest BCUT2D eigenvalue weighted by Gasteiger charge is -2.32. The monoisotopic (exact) mass is 461 g/mol. The number of carbonyl (C=O) groups excluding carboxylic acids is 1.